The number of H-pyrrole nitrogens is 1. The summed E-state index contributed by atoms with van der Waals surface area (Å²) in [6.07, 6.45) is 7.17. The van der Waals surface area contributed by atoms with Crippen LogP contribution in [-0.2, 0) is 9.84 Å². The second kappa shape index (κ2) is 13.0. The average molecular weight is 604 g/mol. The molecule has 43 heavy (non-hydrogen) atoms. The number of methoxy groups -OCH3 is 1. The first-order valence-corrected chi connectivity index (χ1v) is 15.8. The number of nitrogens with zero attached hydrogens (tertiary/aromatic N) is 3. The molecule has 12 nitrogen and oxygen atoms in total. The van der Waals surface area contributed by atoms with Crippen LogP contribution in [0.15, 0.2) is 71.6 Å². The Morgan fingerprint density at radius 2 is 1.60 bits per heavy atom. The molecule has 1 saturated carbocycles. The van der Waals surface area contributed by atoms with Gasteiger partial charge in [0.15, 0.2) is 9.84 Å². The highest BCUT2D eigenvalue weighted by molar-refractivity contribution is 7.90. The Morgan fingerprint density at radius 1 is 0.930 bits per heavy atom. The summed E-state index contributed by atoms with van der Waals surface area (Å²) in [5.74, 6) is 0.371. The van der Waals surface area contributed by atoms with E-state index in [9.17, 15) is 18.0 Å². The molecule has 4 aromatic rings. The van der Waals surface area contributed by atoms with Gasteiger partial charge in [0, 0.05) is 17.5 Å². The minimum atomic E-state index is -3.60. The molecule has 1 unspecified atom stereocenters. The lowest BCUT2D eigenvalue weighted by atomic mass is 9.83. The lowest BCUT2D eigenvalue weighted by Gasteiger charge is -2.24. The number of anilines is 2. The van der Waals surface area contributed by atoms with Crippen molar-refractivity contribution >= 4 is 33.4 Å². The monoisotopic (exact) mass is 603 g/mol. The molecule has 0 spiro atoms. The molecule has 224 valence electrons. The number of hydrogen-bond donors (Lipinski definition) is 4. The van der Waals surface area contributed by atoms with Gasteiger partial charge in [-0.2, -0.15) is 5.21 Å². The first-order valence-electron chi connectivity index (χ1n) is 13.9. The molecule has 3 amide bonds. The second-order valence-electron chi connectivity index (χ2n) is 10.5. The van der Waals surface area contributed by atoms with Gasteiger partial charge in [-0.25, -0.2) is 13.2 Å². The summed E-state index contributed by atoms with van der Waals surface area (Å²) >= 11 is 0. The van der Waals surface area contributed by atoms with Crippen LogP contribution in [0.2, 0.25) is 0 Å². The third-order valence-electron chi connectivity index (χ3n) is 7.52. The van der Waals surface area contributed by atoms with Crippen LogP contribution in [0.25, 0.3) is 0 Å². The van der Waals surface area contributed by atoms with Gasteiger partial charge in [-0.1, -0.05) is 60.8 Å². The highest BCUT2D eigenvalue weighted by atomic mass is 32.2. The van der Waals surface area contributed by atoms with E-state index in [1.165, 1.54) is 56.9 Å². The molecular weight excluding hydrogens is 570 g/mol. The van der Waals surface area contributed by atoms with Gasteiger partial charge >= 0.3 is 6.03 Å². The number of sulfone groups is 1. The predicted molar refractivity (Wildman–Crippen MR) is 161 cm³/mol. The number of urea groups is 1. The van der Waals surface area contributed by atoms with Crippen LogP contribution < -0.4 is 20.7 Å². The van der Waals surface area contributed by atoms with Crippen molar-refractivity contribution in [2.45, 2.75) is 49.0 Å². The molecule has 1 aliphatic rings. The van der Waals surface area contributed by atoms with Crippen LogP contribution >= 0.6 is 0 Å². The zero-order chi connectivity index (χ0) is 30.4. The lowest BCUT2D eigenvalue weighted by molar-refractivity contribution is 0.102. The van der Waals surface area contributed by atoms with E-state index in [1.807, 2.05) is 12.1 Å². The summed E-state index contributed by atoms with van der Waals surface area (Å²) in [5.41, 5.74) is 3.54. The predicted octanol–water partition coefficient (Wildman–Crippen LogP) is 4.82. The van der Waals surface area contributed by atoms with Crippen LogP contribution in [0.1, 0.15) is 71.1 Å². The van der Waals surface area contributed by atoms with E-state index >= 15 is 0 Å². The molecule has 1 fully saturated rings. The Balaban J connectivity index is 1.39. The minimum absolute atomic E-state index is 0.0302. The van der Waals surface area contributed by atoms with Crippen molar-refractivity contribution in [2.24, 2.45) is 0 Å². The Bertz CT molecular complexity index is 1670. The fraction of sp³-hybridized carbons (Fsp3) is 0.300. The maximum absolute atomic E-state index is 13.3. The fourth-order valence-electron chi connectivity index (χ4n) is 5.31. The van der Waals surface area contributed by atoms with Gasteiger partial charge in [0.1, 0.15) is 10.6 Å². The molecule has 4 N–H and O–H groups in total. The van der Waals surface area contributed by atoms with E-state index in [1.54, 1.807) is 30.3 Å². The van der Waals surface area contributed by atoms with Crippen LogP contribution in [-0.4, -0.2) is 54.3 Å². The number of hydrogen-bond acceptors (Lipinski definition) is 8. The summed E-state index contributed by atoms with van der Waals surface area (Å²) in [4.78, 5) is 25.8. The van der Waals surface area contributed by atoms with E-state index in [2.05, 4.69) is 48.7 Å². The number of carbonyl (C=O) groups excluding carboxylic acids is 2. The first kappa shape index (κ1) is 29.7. The van der Waals surface area contributed by atoms with Crippen LogP contribution in [0.5, 0.6) is 5.75 Å². The molecule has 1 atom stereocenters. The topological polar surface area (TPSA) is 168 Å². The van der Waals surface area contributed by atoms with Gasteiger partial charge in [-0.15, -0.1) is 5.10 Å². The standard InChI is InChI=1S/C30H33N7O5S/c1-42-25-17-16-24(18-26(25)43(2,40)41)31-30(39)32-27(21-10-8-20(9-11-21)19-6-4-3-5-7-19)22-12-14-23(15-13-22)28(38)33-29-34-36-37-35-29/h8-19,27H,3-7H2,1-2H3,(H2,31,32,39)(H2,33,34,35,36,37,38). The smallest absolute Gasteiger partial charge is 0.319 e. The van der Waals surface area contributed by atoms with E-state index in [0.29, 0.717) is 17.2 Å². The highest BCUT2D eigenvalue weighted by Gasteiger charge is 2.21. The number of tetrazole rings is 1. The van der Waals surface area contributed by atoms with E-state index in [0.717, 1.165) is 17.4 Å². The molecule has 0 saturated heterocycles. The normalized spacial score (nSPS) is 14.5. The molecule has 3 aromatic carbocycles. The number of ether oxygens (including phenoxy) is 1. The molecule has 1 aromatic heterocycles. The third-order valence-corrected chi connectivity index (χ3v) is 8.64. The Morgan fingerprint density at radius 3 is 2.21 bits per heavy atom. The molecule has 1 aliphatic carbocycles. The molecule has 0 aliphatic heterocycles. The van der Waals surface area contributed by atoms with Gasteiger partial charge < -0.3 is 15.4 Å². The van der Waals surface area contributed by atoms with Crippen molar-refractivity contribution in [2.75, 3.05) is 24.0 Å². The van der Waals surface area contributed by atoms with Crippen molar-refractivity contribution < 1.29 is 22.7 Å². The van der Waals surface area contributed by atoms with E-state index in [-0.39, 0.29) is 16.6 Å². The Hall–Kier alpha value is -4.78. The van der Waals surface area contributed by atoms with Gasteiger partial charge in [0.2, 0.25) is 0 Å². The fourth-order valence-corrected chi connectivity index (χ4v) is 6.17. The molecule has 0 bridgehead atoms. The number of aromatic nitrogens is 4. The third kappa shape index (κ3) is 7.36. The van der Waals surface area contributed by atoms with Gasteiger partial charge in [-0.05, 0) is 71.0 Å². The quantitative estimate of drug-likeness (QED) is 0.211. The van der Waals surface area contributed by atoms with E-state index < -0.39 is 27.8 Å². The summed E-state index contributed by atoms with van der Waals surface area (Å²) in [6, 6.07) is 18.4. The molecule has 1 heterocycles. The number of nitrogens with one attached hydrogen (secondary N) is 4. The lowest BCUT2D eigenvalue weighted by Crippen LogP contribution is -2.33. The number of rotatable bonds is 9. The summed E-state index contributed by atoms with van der Waals surface area (Å²) in [7, 11) is -2.21. The van der Waals surface area contributed by atoms with Crippen molar-refractivity contribution in [3.8, 4) is 5.75 Å². The molecule has 13 heteroatoms. The van der Waals surface area contributed by atoms with Crippen LogP contribution in [0.4, 0.5) is 16.4 Å². The summed E-state index contributed by atoms with van der Waals surface area (Å²) < 4.78 is 29.7. The zero-order valence-electron chi connectivity index (χ0n) is 23.8. The average Bonchev–Trinajstić information content (AvgIpc) is 3.53. The number of amides is 3. The maximum atomic E-state index is 13.3. The first-order chi connectivity index (χ1) is 20.7. The number of carbonyl (C=O) groups is 2. The summed E-state index contributed by atoms with van der Waals surface area (Å²) in [5, 5.41) is 21.5. The van der Waals surface area contributed by atoms with Crippen molar-refractivity contribution in [3.63, 3.8) is 0 Å². The van der Waals surface area contributed by atoms with Gasteiger partial charge in [0.25, 0.3) is 11.9 Å². The second-order valence-corrected chi connectivity index (χ2v) is 12.5. The highest BCUT2D eigenvalue weighted by Crippen LogP contribution is 2.34. The van der Waals surface area contributed by atoms with E-state index in [4.69, 9.17) is 4.74 Å². The van der Waals surface area contributed by atoms with Crippen molar-refractivity contribution in [3.05, 3.63) is 89.0 Å². The molecule has 5 rings (SSSR count). The van der Waals surface area contributed by atoms with Crippen molar-refractivity contribution in [1.29, 1.82) is 0 Å². The van der Waals surface area contributed by atoms with Crippen LogP contribution in [0.3, 0.4) is 0 Å². The largest absolute Gasteiger partial charge is 0.495 e. The number of benzene rings is 3. The Kier molecular flexibility index (Phi) is 9.00. The SMILES string of the molecule is COc1ccc(NC(=O)NC(c2ccc(C(=O)Nc3nn[nH]n3)cc2)c2ccc(C3CCCCC3)cc2)cc1S(C)(=O)=O. The summed E-state index contributed by atoms with van der Waals surface area (Å²) in [6.45, 7) is 0. The molecule has 0 radical (unpaired) electrons. The van der Waals surface area contributed by atoms with Gasteiger partial charge in [-0.3, -0.25) is 10.1 Å². The van der Waals surface area contributed by atoms with Crippen LogP contribution in [0, 0.1) is 0 Å². The van der Waals surface area contributed by atoms with Gasteiger partial charge in [0.05, 0.1) is 13.2 Å². The Labute approximate surface area is 249 Å². The minimum Gasteiger partial charge on any atom is -0.495 e. The number of aromatic amines is 1. The van der Waals surface area contributed by atoms with Crippen molar-refractivity contribution in [1.82, 2.24) is 25.9 Å². The molecular formula is C30H33N7O5S. The maximum Gasteiger partial charge on any atom is 0.319 e. The zero-order valence-corrected chi connectivity index (χ0v) is 24.6.